The molecule has 5 heteroatoms. The number of hydrogen-bond donors (Lipinski definition) is 2. The van der Waals surface area contributed by atoms with Gasteiger partial charge in [0.05, 0.1) is 11.0 Å². The Bertz CT molecular complexity index is 720. The third-order valence-corrected chi connectivity index (χ3v) is 4.57. The number of nitrogens with two attached hydrogens (primary N) is 1. The van der Waals surface area contributed by atoms with E-state index >= 15 is 0 Å². The maximum Gasteiger partial charge on any atom is 0.140 e. The largest absolute Gasteiger partial charge is 0.384 e. The first-order valence-corrected chi connectivity index (χ1v) is 7.97. The number of hydrogen-bond acceptors (Lipinski definition) is 4. The molecule has 1 unspecified atom stereocenters. The van der Waals surface area contributed by atoms with Crippen LogP contribution in [0.4, 0.5) is 0 Å². The molecule has 3 aromatic rings. The fraction of sp³-hybridized carbons (Fsp3) is 0.312. The molecule has 0 radical (unpaired) electrons. The predicted molar refractivity (Wildman–Crippen MR) is 86.3 cm³/mol. The molecular weight excluding hydrogens is 282 g/mol. The highest BCUT2D eigenvalue weighted by Gasteiger charge is 2.22. The molecule has 2 heterocycles. The Kier molecular flexibility index (Phi) is 4.05. The Morgan fingerprint density at radius 1 is 1.33 bits per heavy atom. The first-order valence-electron chi connectivity index (χ1n) is 7.03. The number of nitrogens with zero attached hydrogens (tertiary/aromatic N) is 2. The SMILES string of the molecule is Cn1c(C(O)[C@H](N)CCc2ccsc2)nc2ccccc21. The summed E-state index contributed by atoms with van der Waals surface area (Å²) in [5.41, 5.74) is 9.33. The van der Waals surface area contributed by atoms with Crippen LogP contribution in [0.25, 0.3) is 11.0 Å². The molecule has 1 aromatic carbocycles. The van der Waals surface area contributed by atoms with Gasteiger partial charge in [0.25, 0.3) is 0 Å². The Hall–Kier alpha value is -1.69. The Balaban J connectivity index is 1.76. The summed E-state index contributed by atoms with van der Waals surface area (Å²) < 4.78 is 1.92. The van der Waals surface area contributed by atoms with Crippen molar-refractivity contribution in [2.24, 2.45) is 12.8 Å². The van der Waals surface area contributed by atoms with Gasteiger partial charge in [-0.05, 0) is 47.4 Å². The molecular formula is C16H19N3OS. The first-order chi connectivity index (χ1) is 10.2. The van der Waals surface area contributed by atoms with Crippen molar-refractivity contribution >= 4 is 22.4 Å². The highest BCUT2D eigenvalue weighted by atomic mass is 32.1. The van der Waals surface area contributed by atoms with Crippen molar-refractivity contribution in [2.45, 2.75) is 25.0 Å². The minimum atomic E-state index is -0.749. The van der Waals surface area contributed by atoms with Gasteiger partial charge < -0.3 is 15.4 Å². The van der Waals surface area contributed by atoms with Gasteiger partial charge in [-0.25, -0.2) is 4.98 Å². The molecule has 21 heavy (non-hydrogen) atoms. The number of para-hydroxylation sites is 2. The highest BCUT2D eigenvalue weighted by Crippen LogP contribution is 2.23. The fourth-order valence-electron chi connectivity index (χ4n) is 2.55. The molecule has 0 aliphatic carbocycles. The number of aromatic nitrogens is 2. The Morgan fingerprint density at radius 3 is 2.86 bits per heavy atom. The number of imidazole rings is 1. The number of thiophene rings is 1. The zero-order valence-electron chi connectivity index (χ0n) is 11.9. The molecule has 0 fully saturated rings. The molecule has 3 N–H and O–H groups in total. The van der Waals surface area contributed by atoms with E-state index in [1.165, 1.54) is 5.56 Å². The van der Waals surface area contributed by atoms with E-state index in [0.29, 0.717) is 5.82 Å². The smallest absolute Gasteiger partial charge is 0.140 e. The quantitative estimate of drug-likeness (QED) is 0.761. The molecule has 4 nitrogen and oxygen atoms in total. The van der Waals surface area contributed by atoms with Crippen molar-refractivity contribution in [3.63, 3.8) is 0 Å². The van der Waals surface area contributed by atoms with Crippen LogP contribution in [0.3, 0.4) is 0 Å². The van der Waals surface area contributed by atoms with Crippen LogP contribution in [0.5, 0.6) is 0 Å². The summed E-state index contributed by atoms with van der Waals surface area (Å²) in [5.74, 6) is 0.633. The average Bonchev–Trinajstić information content (AvgIpc) is 3.13. The van der Waals surface area contributed by atoms with Gasteiger partial charge in [-0.15, -0.1) is 0 Å². The lowest BCUT2D eigenvalue weighted by Gasteiger charge is -2.18. The van der Waals surface area contributed by atoms with Crippen LogP contribution in [-0.4, -0.2) is 20.7 Å². The van der Waals surface area contributed by atoms with Crippen molar-refractivity contribution in [2.75, 3.05) is 0 Å². The van der Waals surface area contributed by atoms with Gasteiger partial charge in [-0.2, -0.15) is 11.3 Å². The van der Waals surface area contributed by atoms with E-state index in [-0.39, 0.29) is 6.04 Å². The normalized spacial score (nSPS) is 14.4. The van der Waals surface area contributed by atoms with E-state index in [2.05, 4.69) is 21.8 Å². The maximum absolute atomic E-state index is 10.5. The molecule has 0 saturated heterocycles. The van der Waals surface area contributed by atoms with Crippen molar-refractivity contribution in [3.8, 4) is 0 Å². The lowest BCUT2D eigenvalue weighted by molar-refractivity contribution is 0.130. The van der Waals surface area contributed by atoms with Gasteiger partial charge in [0.2, 0.25) is 0 Å². The second-order valence-corrected chi connectivity index (χ2v) is 6.08. The van der Waals surface area contributed by atoms with Gasteiger partial charge in [-0.1, -0.05) is 12.1 Å². The molecule has 0 amide bonds. The molecule has 2 atom stereocenters. The molecule has 110 valence electrons. The summed E-state index contributed by atoms with van der Waals surface area (Å²) in [5, 5.41) is 14.7. The molecule has 0 bridgehead atoms. The van der Waals surface area contributed by atoms with E-state index in [1.54, 1.807) is 11.3 Å². The molecule has 2 aromatic heterocycles. The lowest BCUT2D eigenvalue weighted by atomic mass is 10.0. The number of aliphatic hydroxyl groups excluding tert-OH is 1. The van der Waals surface area contributed by atoms with Crippen LogP contribution < -0.4 is 5.73 Å². The molecule has 0 saturated carbocycles. The van der Waals surface area contributed by atoms with Crippen LogP contribution in [0.2, 0.25) is 0 Å². The number of benzene rings is 1. The average molecular weight is 301 g/mol. The standard InChI is InChI=1S/C16H19N3OS/c1-19-14-5-3-2-4-13(14)18-16(19)15(20)12(17)7-6-11-8-9-21-10-11/h2-5,8-10,12,15,20H,6-7,17H2,1H3/t12-,15?/m1/s1. The van der Waals surface area contributed by atoms with Crippen LogP contribution in [-0.2, 0) is 13.5 Å². The second-order valence-electron chi connectivity index (χ2n) is 5.30. The van der Waals surface area contributed by atoms with E-state index in [1.807, 2.05) is 35.9 Å². The summed E-state index contributed by atoms with van der Waals surface area (Å²) in [6.45, 7) is 0. The summed E-state index contributed by atoms with van der Waals surface area (Å²) in [4.78, 5) is 4.51. The number of aliphatic hydroxyl groups is 1. The van der Waals surface area contributed by atoms with Crippen molar-refractivity contribution in [1.29, 1.82) is 0 Å². The lowest BCUT2D eigenvalue weighted by Crippen LogP contribution is -2.30. The predicted octanol–water partition coefficient (Wildman–Crippen LogP) is 2.63. The van der Waals surface area contributed by atoms with Crippen LogP contribution in [0.1, 0.15) is 23.9 Å². The van der Waals surface area contributed by atoms with Gasteiger partial charge in [0, 0.05) is 13.1 Å². The molecule has 0 spiro atoms. The van der Waals surface area contributed by atoms with Crippen molar-refractivity contribution < 1.29 is 5.11 Å². The summed E-state index contributed by atoms with van der Waals surface area (Å²) in [6.07, 6.45) is 0.869. The number of rotatable bonds is 5. The minimum absolute atomic E-state index is 0.319. The molecule has 0 aliphatic heterocycles. The molecule has 3 rings (SSSR count). The Labute approximate surface area is 127 Å². The van der Waals surface area contributed by atoms with E-state index in [4.69, 9.17) is 5.73 Å². The summed E-state index contributed by atoms with van der Waals surface area (Å²) in [6, 6.07) is 9.63. The third kappa shape index (κ3) is 2.85. The second kappa shape index (κ2) is 5.97. The first kappa shape index (κ1) is 14.3. The van der Waals surface area contributed by atoms with Crippen LogP contribution in [0.15, 0.2) is 41.1 Å². The topological polar surface area (TPSA) is 64.1 Å². The fourth-order valence-corrected chi connectivity index (χ4v) is 3.25. The van der Waals surface area contributed by atoms with Gasteiger partial charge in [0.15, 0.2) is 0 Å². The minimum Gasteiger partial charge on any atom is -0.384 e. The van der Waals surface area contributed by atoms with Gasteiger partial charge >= 0.3 is 0 Å². The van der Waals surface area contributed by atoms with E-state index in [9.17, 15) is 5.11 Å². The maximum atomic E-state index is 10.5. The van der Waals surface area contributed by atoms with Crippen molar-refractivity contribution in [3.05, 3.63) is 52.5 Å². The number of aryl methyl sites for hydroxylation is 2. The van der Waals surface area contributed by atoms with E-state index in [0.717, 1.165) is 23.9 Å². The zero-order valence-corrected chi connectivity index (χ0v) is 12.8. The van der Waals surface area contributed by atoms with E-state index < -0.39 is 6.10 Å². The van der Waals surface area contributed by atoms with Crippen LogP contribution >= 0.6 is 11.3 Å². The van der Waals surface area contributed by atoms with Crippen LogP contribution in [0, 0.1) is 0 Å². The van der Waals surface area contributed by atoms with Gasteiger partial charge in [-0.3, -0.25) is 0 Å². The summed E-state index contributed by atoms with van der Waals surface area (Å²) >= 11 is 1.68. The summed E-state index contributed by atoms with van der Waals surface area (Å²) in [7, 11) is 1.92. The third-order valence-electron chi connectivity index (χ3n) is 3.84. The van der Waals surface area contributed by atoms with Gasteiger partial charge in [0.1, 0.15) is 11.9 Å². The monoisotopic (exact) mass is 301 g/mol. The number of fused-ring (bicyclic) bond motifs is 1. The zero-order chi connectivity index (χ0) is 14.8. The van der Waals surface area contributed by atoms with Crippen molar-refractivity contribution in [1.82, 2.24) is 9.55 Å². The molecule has 0 aliphatic rings. The Morgan fingerprint density at radius 2 is 2.14 bits per heavy atom. The highest BCUT2D eigenvalue weighted by molar-refractivity contribution is 7.07.